The van der Waals surface area contributed by atoms with Crippen LogP contribution >= 0.6 is 0 Å². The third kappa shape index (κ3) is 6.25. The molecule has 5 heteroatoms. The number of ether oxygens (including phenoxy) is 2. The van der Waals surface area contributed by atoms with E-state index >= 15 is 0 Å². The van der Waals surface area contributed by atoms with Crippen molar-refractivity contribution in [2.75, 3.05) is 6.61 Å². The van der Waals surface area contributed by atoms with Crippen molar-refractivity contribution >= 4 is 5.97 Å². The van der Waals surface area contributed by atoms with E-state index in [-0.39, 0.29) is 30.1 Å². The number of hydrogen-bond donors (Lipinski definition) is 1. The van der Waals surface area contributed by atoms with Crippen molar-refractivity contribution in [3.63, 3.8) is 0 Å². The molecule has 160 valence electrons. The molecule has 5 nitrogen and oxygen atoms in total. The summed E-state index contributed by atoms with van der Waals surface area (Å²) in [6.45, 7) is 4.94. The van der Waals surface area contributed by atoms with Gasteiger partial charge in [0, 0.05) is 30.1 Å². The Kier molecular flexibility index (Phi) is 7.77. The first kappa shape index (κ1) is 22.2. The van der Waals surface area contributed by atoms with Crippen LogP contribution in [-0.2, 0) is 20.7 Å². The molecular formula is C25H31NO4. The molecule has 3 rings (SSSR count). The maximum absolute atomic E-state index is 10.7. The highest BCUT2D eigenvalue weighted by atomic mass is 16.7. The van der Waals surface area contributed by atoms with Gasteiger partial charge in [0.2, 0.25) is 0 Å². The van der Waals surface area contributed by atoms with E-state index in [1.165, 1.54) is 5.56 Å². The quantitative estimate of drug-likeness (QED) is 0.577. The fourth-order valence-corrected chi connectivity index (χ4v) is 3.88. The number of nitrogens with zero attached hydrogens (tertiary/aromatic N) is 1. The predicted molar refractivity (Wildman–Crippen MR) is 116 cm³/mol. The second-order valence-electron chi connectivity index (χ2n) is 8.56. The zero-order valence-electron chi connectivity index (χ0n) is 17.7. The van der Waals surface area contributed by atoms with Crippen LogP contribution in [0.2, 0.25) is 0 Å². The number of carboxylic acids is 1. The van der Waals surface area contributed by atoms with Crippen LogP contribution < -0.4 is 0 Å². The van der Waals surface area contributed by atoms with Gasteiger partial charge < -0.3 is 14.6 Å². The minimum Gasteiger partial charge on any atom is -0.481 e. The van der Waals surface area contributed by atoms with Crippen molar-refractivity contribution in [1.29, 1.82) is 0 Å². The molecule has 0 aliphatic carbocycles. The number of carboxylic acid groups (broad SMARTS) is 1. The van der Waals surface area contributed by atoms with E-state index in [2.05, 4.69) is 43.1 Å². The number of carbonyl (C=O) groups is 1. The summed E-state index contributed by atoms with van der Waals surface area (Å²) in [6, 6.07) is 14.4. The first-order chi connectivity index (χ1) is 14.5. The first-order valence-corrected chi connectivity index (χ1v) is 10.5. The molecule has 0 saturated carbocycles. The van der Waals surface area contributed by atoms with Gasteiger partial charge in [0.25, 0.3) is 0 Å². The lowest BCUT2D eigenvalue weighted by Gasteiger charge is -2.43. The molecule has 1 N–H and O–H groups in total. The van der Waals surface area contributed by atoms with Crippen LogP contribution in [0.5, 0.6) is 0 Å². The van der Waals surface area contributed by atoms with E-state index in [0.29, 0.717) is 13.0 Å². The number of aromatic nitrogens is 1. The van der Waals surface area contributed by atoms with Crippen LogP contribution in [0.15, 0.2) is 67.0 Å². The summed E-state index contributed by atoms with van der Waals surface area (Å²) in [5.74, 6) is -0.625. The predicted octanol–water partition coefficient (Wildman–Crippen LogP) is 5.19. The van der Waals surface area contributed by atoms with Gasteiger partial charge in [-0.2, -0.15) is 0 Å². The highest BCUT2D eigenvalue weighted by molar-refractivity contribution is 5.66. The maximum atomic E-state index is 10.7. The second-order valence-corrected chi connectivity index (χ2v) is 8.56. The van der Waals surface area contributed by atoms with Crippen LogP contribution in [0.25, 0.3) is 0 Å². The largest absolute Gasteiger partial charge is 0.481 e. The molecule has 2 aromatic rings. The summed E-state index contributed by atoms with van der Waals surface area (Å²) < 4.78 is 12.7. The van der Waals surface area contributed by atoms with Gasteiger partial charge in [-0.25, -0.2) is 0 Å². The summed E-state index contributed by atoms with van der Waals surface area (Å²) in [5, 5.41) is 8.78. The zero-order valence-corrected chi connectivity index (χ0v) is 17.7. The number of benzene rings is 1. The van der Waals surface area contributed by atoms with Crippen molar-refractivity contribution < 1.29 is 19.4 Å². The third-order valence-electron chi connectivity index (χ3n) is 5.44. The number of rotatable bonds is 9. The second kappa shape index (κ2) is 10.5. The van der Waals surface area contributed by atoms with Gasteiger partial charge in [0.15, 0.2) is 6.29 Å². The molecule has 0 bridgehead atoms. The normalized spacial score (nSPS) is 22.3. The van der Waals surface area contributed by atoms with Crippen molar-refractivity contribution in [3.05, 3.63) is 78.1 Å². The Morgan fingerprint density at radius 1 is 1.20 bits per heavy atom. The standard InChI is InChI=1S/C25H31NO4/c1-25(2,16-19-10-5-3-6-11-19)24-29-18-21(12-7-4-8-14-22(27)28)23(30-24)20-13-9-15-26-17-20/h3-7,9-11,13,15,17,21,23-24H,8,12,14,16,18H2,1-2H3,(H,27,28)/b7-4-. The van der Waals surface area contributed by atoms with Gasteiger partial charge in [-0.3, -0.25) is 9.78 Å². The van der Waals surface area contributed by atoms with E-state index in [9.17, 15) is 4.79 Å². The van der Waals surface area contributed by atoms with E-state index in [4.69, 9.17) is 14.6 Å². The number of pyridine rings is 1. The molecule has 3 unspecified atom stereocenters. The third-order valence-corrected chi connectivity index (χ3v) is 5.44. The Morgan fingerprint density at radius 2 is 2.00 bits per heavy atom. The van der Waals surface area contributed by atoms with Crippen LogP contribution in [0, 0.1) is 11.3 Å². The molecule has 0 radical (unpaired) electrons. The van der Waals surface area contributed by atoms with Crippen LogP contribution in [-0.4, -0.2) is 29.0 Å². The van der Waals surface area contributed by atoms with E-state index in [0.717, 1.165) is 18.4 Å². The highest BCUT2D eigenvalue weighted by Crippen LogP contribution is 2.40. The molecule has 3 atom stereocenters. The monoisotopic (exact) mass is 409 g/mol. The minimum atomic E-state index is -0.777. The Bertz CT molecular complexity index is 820. The Labute approximate surface area is 178 Å². The molecule has 0 spiro atoms. The Balaban J connectivity index is 1.70. The smallest absolute Gasteiger partial charge is 0.303 e. The van der Waals surface area contributed by atoms with Gasteiger partial charge in [0.1, 0.15) is 0 Å². The molecule has 1 aliphatic rings. The summed E-state index contributed by atoms with van der Waals surface area (Å²) in [7, 11) is 0. The molecule has 0 amide bonds. The number of allylic oxidation sites excluding steroid dienone is 2. The average molecular weight is 410 g/mol. The van der Waals surface area contributed by atoms with E-state index < -0.39 is 5.97 Å². The SMILES string of the molecule is CC(C)(Cc1ccccc1)C1OCC(C/C=C\CCC(=O)O)C(c2cccnc2)O1. The lowest BCUT2D eigenvalue weighted by atomic mass is 9.83. The Hall–Kier alpha value is -2.50. The summed E-state index contributed by atoms with van der Waals surface area (Å²) >= 11 is 0. The molecule has 30 heavy (non-hydrogen) atoms. The minimum absolute atomic E-state index is 0.114. The molecular weight excluding hydrogens is 378 g/mol. The van der Waals surface area contributed by atoms with Crippen LogP contribution in [0.3, 0.4) is 0 Å². The van der Waals surface area contributed by atoms with Gasteiger partial charge >= 0.3 is 5.97 Å². The van der Waals surface area contributed by atoms with E-state index in [1.807, 2.05) is 36.5 Å². The first-order valence-electron chi connectivity index (χ1n) is 10.5. The number of aliphatic carboxylic acids is 1. The lowest BCUT2D eigenvalue weighted by molar-refractivity contribution is -0.278. The van der Waals surface area contributed by atoms with Gasteiger partial charge in [-0.15, -0.1) is 0 Å². The number of hydrogen-bond acceptors (Lipinski definition) is 4. The van der Waals surface area contributed by atoms with Crippen LogP contribution in [0.4, 0.5) is 0 Å². The fraction of sp³-hybridized carbons (Fsp3) is 0.440. The van der Waals surface area contributed by atoms with Gasteiger partial charge in [-0.05, 0) is 36.5 Å². The van der Waals surface area contributed by atoms with E-state index in [1.54, 1.807) is 6.20 Å². The van der Waals surface area contributed by atoms with Crippen molar-refractivity contribution in [2.45, 2.75) is 51.9 Å². The zero-order chi connectivity index (χ0) is 21.4. The molecule has 1 fully saturated rings. The average Bonchev–Trinajstić information content (AvgIpc) is 2.74. The van der Waals surface area contributed by atoms with Crippen molar-refractivity contribution in [1.82, 2.24) is 4.98 Å². The van der Waals surface area contributed by atoms with Crippen molar-refractivity contribution in [3.8, 4) is 0 Å². The molecule has 1 saturated heterocycles. The summed E-state index contributed by atoms with van der Waals surface area (Å²) in [6.07, 6.45) is 9.47. The molecule has 1 aromatic carbocycles. The van der Waals surface area contributed by atoms with Gasteiger partial charge in [0.05, 0.1) is 12.7 Å². The van der Waals surface area contributed by atoms with Crippen LogP contribution in [0.1, 0.15) is 50.3 Å². The lowest BCUT2D eigenvalue weighted by Crippen LogP contribution is -2.44. The molecule has 1 aromatic heterocycles. The highest BCUT2D eigenvalue weighted by Gasteiger charge is 2.40. The summed E-state index contributed by atoms with van der Waals surface area (Å²) in [5.41, 5.74) is 2.12. The Morgan fingerprint density at radius 3 is 2.70 bits per heavy atom. The molecule has 1 aliphatic heterocycles. The van der Waals surface area contributed by atoms with Gasteiger partial charge in [-0.1, -0.05) is 62.4 Å². The fourth-order valence-electron chi connectivity index (χ4n) is 3.88. The van der Waals surface area contributed by atoms with Crippen molar-refractivity contribution in [2.24, 2.45) is 11.3 Å². The topological polar surface area (TPSA) is 68.7 Å². The summed E-state index contributed by atoms with van der Waals surface area (Å²) in [4.78, 5) is 15.0. The molecule has 2 heterocycles. The maximum Gasteiger partial charge on any atom is 0.303 e.